The van der Waals surface area contributed by atoms with Crippen LogP contribution in [-0.2, 0) is 28.7 Å². The molecule has 1 aromatic carbocycles. The first kappa shape index (κ1) is 28.6. The van der Waals surface area contributed by atoms with Gasteiger partial charge in [0.1, 0.15) is 12.8 Å². The highest BCUT2D eigenvalue weighted by Crippen LogP contribution is 2.36. The number of halogens is 5. The Hall–Kier alpha value is -3.43. The second-order valence-corrected chi connectivity index (χ2v) is 9.45. The number of fused-ring (bicyclic) bond motifs is 1. The Morgan fingerprint density at radius 1 is 1.26 bits per heavy atom. The highest BCUT2D eigenvalue weighted by Gasteiger charge is 2.40. The van der Waals surface area contributed by atoms with Gasteiger partial charge >= 0.3 is 12.3 Å². The molecule has 0 saturated carbocycles. The third-order valence-electron chi connectivity index (χ3n) is 6.55. The van der Waals surface area contributed by atoms with E-state index in [4.69, 9.17) is 4.74 Å². The molecule has 3 atom stereocenters. The molecule has 4 rings (SSSR count). The Morgan fingerprint density at radius 2 is 2.00 bits per heavy atom. The molecule has 1 saturated heterocycles. The zero-order valence-corrected chi connectivity index (χ0v) is 20.7. The molecule has 2 aliphatic heterocycles. The molecule has 1 aromatic heterocycles. The maximum atomic E-state index is 13.9. The summed E-state index contributed by atoms with van der Waals surface area (Å²) >= 11 is 0. The van der Waals surface area contributed by atoms with E-state index in [2.05, 4.69) is 15.3 Å². The van der Waals surface area contributed by atoms with E-state index in [9.17, 15) is 41.8 Å². The van der Waals surface area contributed by atoms with Crippen LogP contribution in [0.1, 0.15) is 30.3 Å². The van der Waals surface area contributed by atoms with E-state index < -0.39 is 47.7 Å². The van der Waals surface area contributed by atoms with Crippen LogP contribution in [0.25, 0.3) is 11.4 Å². The third-order valence-corrected chi connectivity index (χ3v) is 6.55. The van der Waals surface area contributed by atoms with Gasteiger partial charge < -0.3 is 25.2 Å². The van der Waals surface area contributed by atoms with E-state index in [-0.39, 0.29) is 74.5 Å². The molecule has 0 bridgehead atoms. The van der Waals surface area contributed by atoms with Crippen molar-refractivity contribution < 1.29 is 46.5 Å². The largest absolute Gasteiger partial charge is 0.465 e. The molecule has 0 aliphatic carbocycles. The number of carbonyl (C=O) groups excluding carboxylic acids is 1. The SMILES string of the molecule is C[C@H]1CN(C[C@H](CC(O)N2CCc3c(nc(-c4ccc(F)c(F)c4)nc3C(F)(F)F)C2)NC(=O)O)C(=O)CO1. The summed E-state index contributed by atoms with van der Waals surface area (Å²) < 4.78 is 74.0. The minimum absolute atomic E-state index is 0.0154. The number of nitrogens with zero attached hydrogens (tertiary/aromatic N) is 4. The lowest BCUT2D eigenvalue weighted by Gasteiger charge is -2.37. The molecule has 3 N–H and O–H groups in total. The fourth-order valence-electron chi connectivity index (χ4n) is 4.67. The summed E-state index contributed by atoms with van der Waals surface area (Å²) in [5, 5.41) is 22.5. The lowest BCUT2D eigenvalue weighted by atomic mass is 10.0. The summed E-state index contributed by atoms with van der Waals surface area (Å²) in [5.74, 6) is -3.25. The number of aromatic nitrogens is 2. The topological polar surface area (TPSA) is 128 Å². The highest BCUT2D eigenvalue weighted by atomic mass is 19.4. The number of aliphatic hydroxyl groups is 1. The first-order valence-electron chi connectivity index (χ1n) is 12.0. The molecular formula is C24H26F5N5O5. The molecule has 2 aromatic rings. The van der Waals surface area contributed by atoms with Gasteiger partial charge in [-0.25, -0.2) is 23.5 Å². The zero-order valence-electron chi connectivity index (χ0n) is 20.7. The Morgan fingerprint density at radius 3 is 2.67 bits per heavy atom. The van der Waals surface area contributed by atoms with Gasteiger partial charge in [0.2, 0.25) is 5.91 Å². The normalized spacial score (nSPS) is 19.9. The van der Waals surface area contributed by atoms with Gasteiger partial charge in [0.15, 0.2) is 23.2 Å². The van der Waals surface area contributed by atoms with Crippen LogP contribution in [0.15, 0.2) is 18.2 Å². The Balaban J connectivity index is 1.56. The molecule has 1 fully saturated rings. The van der Waals surface area contributed by atoms with Crippen molar-refractivity contribution in [3.8, 4) is 11.4 Å². The summed E-state index contributed by atoms with van der Waals surface area (Å²) in [6.07, 6.45) is -8.13. The molecule has 212 valence electrons. The second-order valence-electron chi connectivity index (χ2n) is 9.45. The molecule has 39 heavy (non-hydrogen) atoms. The zero-order chi connectivity index (χ0) is 28.5. The van der Waals surface area contributed by atoms with Gasteiger partial charge in [-0.15, -0.1) is 0 Å². The number of ether oxygens (including phenoxy) is 1. The van der Waals surface area contributed by atoms with Gasteiger partial charge in [0, 0.05) is 43.7 Å². The van der Waals surface area contributed by atoms with E-state index in [1.54, 1.807) is 6.92 Å². The van der Waals surface area contributed by atoms with Crippen LogP contribution in [0, 0.1) is 11.6 Å². The van der Waals surface area contributed by atoms with Gasteiger partial charge in [0.25, 0.3) is 0 Å². The third kappa shape index (κ3) is 6.78. The number of rotatable bonds is 7. The highest BCUT2D eigenvalue weighted by molar-refractivity contribution is 5.78. The number of alkyl halides is 3. The van der Waals surface area contributed by atoms with Crippen molar-refractivity contribution in [2.75, 3.05) is 26.2 Å². The number of carbonyl (C=O) groups is 2. The standard InChI is InChI=1S/C24H26F5N5O5/c1-12-8-34(20(36)11-39-12)9-14(30-23(37)38)7-19(35)33-5-4-15-18(10-33)31-22(32-21(15)24(27,28)29)13-2-3-16(25)17(26)6-13/h2-3,6,12,14,19,30,35H,4-5,7-11H2,1H3,(H,37,38)/t12-,14-,19?/m0/s1. The van der Waals surface area contributed by atoms with Crippen molar-refractivity contribution in [1.82, 2.24) is 25.1 Å². The van der Waals surface area contributed by atoms with E-state index in [1.807, 2.05) is 0 Å². The second kappa shape index (κ2) is 11.4. The van der Waals surface area contributed by atoms with E-state index in [1.165, 1.54) is 9.80 Å². The van der Waals surface area contributed by atoms with Gasteiger partial charge in [-0.3, -0.25) is 9.69 Å². The van der Waals surface area contributed by atoms with E-state index in [0.29, 0.717) is 6.07 Å². The fraction of sp³-hybridized carbons (Fsp3) is 0.500. The molecule has 0 spiro atoms. The Bertz CT molecular complexity index is 1250. The summed E-state index contributed by atoms with van der Waals surface area (Å²) in [4.78, 5) is 34.2. The van der Waals surface area contributed by atoms with Crippen molar-refractivity contribution in [3.63, 3.8) is 0 Å². The van der Waals surface area contributed by atoms with Gasteiger partial charge in [0.05, 0.1) is 17.8 Å². The van der Waals surface area contributed by atoms with E-state index >= 15 is 0 Å². The van der Waals surface area contributed by atoms with Crippen LogP contribution >= 0.6 is 0 Å². The first-order chi connectivity index (χ1) is 18.3. The minimum atomic E-state index is -4.85. The van der Waals surface area contributed by atoms with Crippen molar-refractivity contribution in [2.24, 2.45) is 0 Å². The molecule has 10 nitrogen and oxygen atoms in total. The van der Waals surface area contributed by atoms with Crippen LogP contribution in [0.3, 0.4) is 0 Å². The molecule has 2 amide bonds. The Labute approximate surface area is 219 Å². The smallest absolute Gasteiger partial charge is 0.433 e. The van der Waals surface area contributed by atoms with Crippen molar-refractivity contribution in [1.29, 1.82) is 0 Å². The molecular weight excluding hydrogens is 533 g/mol. The summed E-state index contributed by atoms with van der Waals surface area (Å²) in [6, 6.07) is 1.63. The average Bonchev–Trinajstić information content (AvgIpc) is 2.85. The van der Waals surface area contributed by atoms with E-state index in [0.717, 1.165) is 12.1 Å². The van der Waals surface area contributed by atoms with Crippen molar-refractivity contribution in [2.45, 2.75) is 50.9 Å². The predicted octanol–water partition coefficient (Wildman–Crippen LogP) is 2.39. The minimum Gasteiger partial charge on any atom is -0.465 e. The van der Waals surface area contributed by atoms with Crippen LogP contribution < -0.4 is 5.32 Å². The van der Waals surface area contributed by atoms with Gasteiger partial charge in [-0.05, 0) is 31.5 Å². The number of carboxylic acid groups (broad SMARTS) is 1. The summed E-state index contributed by atoms with van der Waals surface area (Å²) in [5.41, 5.74) is -1.59. The van der Waals surface area contributed by atoms with Gasteiger partial charge in [-0.1, -0.05) is 0 Å². The molecule has 3 heterocycles. The number of aliphatic hydroxyl groups excluding tert-OH is 1. The predicted molar refractivity (Wildman–Crippen MR) is 124 cm³/mol. The number of hydrogen-bond acceptors (Lipinski definition) is 7. The number of amides is 2. The summed E-state index contributed by atoms with van der Waals surface area (Å²) in [6.45, 7) is 1.53. The molecule has 1 unspecified atom stereocenters. The van der Waals surface area contributed by atoms with Gasteiger partial charge in [-0.2, -0.15) is 13.2 Å². The van der Waals surface area contributed by atoms with Crippen molar-refractivity contribution in [3.05, 3.63) is 46.8 Å². The maximum Gasteiger partial charge on any atom is 0.433 e. The maximum absolute atomic E-state index is 13.9. The first-order valence-corrected chi connectivity index (χ1v) is 12.0. The summed E-state index contributed by atoms with van der Waals surface area (Å²) in [7, 11) is 0. The monoisotopic (exact) mass is 559 g/mol. The van der Waals surface area contributed by atoms with Crippen LogP contribution in [0.2, 0.25) is 0 Å². The number of nitrogens with one attached hydrogen (secondary N) is 1. The Kier molecular flexibility index (Phi) is 8.32. The van der Waals surface area contributed by atoms with Crippen LogP contribution in [0.5, 0.6) is 0 Å². The van der Waals surface area contributed by atoms with Crippen LogP contribution in [0.4, 0.5) is 26.7 Å². The number of morpholine rings is 1. The molecule has 0 radical (unpaired) electrons. The lowest BCUT2D eigenvalue weighted by Crippen LogP contribution is -2.53. The lowest BCUT2D eigenvalue weighted by molar-refractivity contribution is -0.148. The number of hydrogen-bond donors (Lipinski definition) is 3. The molecule has 15 heteroatoms. The quantitative estimate of drug-likeness (QED) is 0.442. The van der Waals surface area contributed by atoms with Crippen molar-refractivity contribution >= 4 is 12.0 Å². The average molecular weight is 559 g/mol. The fourth-order valence-corrected chi connectivity index (χ4v) is 4.67. The molecule has 2 aliphatic rings. The van der Waals surface area contributed by atoms with Crippen LogP contribution in [-0.4, -0.2) is 86.6 Å². The number of benzene rings is 1.